The Kier molecular flexibility index (Phi) is 5.34. The standard InChI is InChI=1S/C12H14N2O5/c1-3-19-12(17)11(16)14-13-10(15)8-4-6-9(18-2)7-5-8/h4-7H,3H2,1-2H3,(H,13,15)(H,14,16). The molecule has 0 saturated carbocycles. The van der Waals surface area contributed by atoms with Gasteiger partial charge in [-0.2, -0.15) is 0 Å². The zero-order chi connectivity index (χ0) is 14.3. The molecule has 7 nitrogen and oxygen atoms in total. The van der Waals surface area contributed by atoms with E-state index in [0.29, 0.717) is 11.3 Å². The van der Waals surface area contributed by atoms with E-state index in [4.69, 9.17) is 4.74 Å². The number of methoxy groups -OCH3 is 1. The minimum atomic E-state index is -1.06. The Bertz CT molecular complexity index is 470. The lowest BCUT2D eigenvalue weighted by Crippen LogP contribution is -2.45. The van der Waals surface area contributed by atoms with Gasteiger partial charge in [0.15, 0.2) is 0 Å². The molecule has 1 aromatic carbocycles. The fraction of sp³-hybridized carbons (Fsp3) is 0.250. The molecule has 1 aromatic rings. The second-order valence-corrected chi connectivity index (χ2v) is 3.36. The number of carbonyl (C=O) groups excluding carboxylic acids is 3. The normalized spacial score (nSPS) is 9.37. The van der Waals surface area contributed by atoms with Crippen LogP contribution in [-0.4, -0.2) is 31.5 Å². The molecule has 0 unspecified atom stereocenters. The van der Waals surface area contributed by atoms with E-state index in [2.05, 4.69) is 10.2 Å². The quantitative estimate of drug-likeness (QED) is 0.457. The van der Waals surface area contributed by atoms with Gasteiger partial charge in [0.05, 0.1) is 13.7 Å². The minimum Gasteiger partial charge on any atom is -0.497 e. The Morgan fingerprint density at radius 2 is 1.74 bits per heavy atom. The van der Waals surface area contributed by atoms with Gasteiger partial charge in [-0.3, -0.25) is 20.4 Å². The number of esters is 1. The summed E-state index contributed by atoms with van der Waals surface area (Å²) in [5.41, 5.74) is 4.36. The molecule has 2 amide bonds. The monoisotopic (exact) mass is 266 g/mol. The second kappa shape index (κ2) is 7.00. The molecule has 1 rings (SSSR count). The summed E-state index contributed by atoms with van der Waals surface area (Å²) in [5, 5.41) is 0. The van der Waals surface area contributed by atoms with Crippen molar-refractivity contribution in [2.24, 2.45) is 0 Å². The molecule has 2 N–H and O–H groups in total. The summed E-state index contributed by atoms with van der Waals surface area (Å²) < 4.78 is 9.40. The van der Waals surface area contributed by atoms with Crippen molar-refractivity contribution in [1.29, 1.82) is 0 Å². The number of carbonyl (C=O) groups is 3. The van der Waals surface area contributed by atoms with E-state index < -0.39 is 17.8 Å². The largest absolute Gasteiger partial charge is 0.497 e. The Hall–Kier alpha value is -2.57. The fourth-order valence-electron chi connectivity index (χ4n) is 1.18. The maximum Gasteiger partial charge on any atom is 0.398 e. The van der Waals surface area contributed by atoms with Gasteiger partial charge in [-0.15, -0.1) is 0 Å². The predicted molar refractivity (Wildman–Crippen MR) is 65.2 cm³/mol. The number of ether oxygens (including phenoxy) is 2. The first-order chi connectivity index (χ1) is 9.08. The van der Waals surface area contributed by atoms with E-state index in [0.717, 1.165) is 0 Å². The van der Waals surface area contributed by atoms with Crippen molar-refractivity contribution in [2.75, 3.05) is 13.7 Å². The lowest BCUT2D eigenvalue weighted by molar-refractivity contribution is -0.154. The Morgan fingerprint density at radius 1 is 1.11 bits per heavy atom. The van der Waals surface area contributed by atoms with Crippen LogP contribution in [0.25, 0.3) is 0 Å². The van der Waals surface area contributed by atoms with E-state index in [9.17, 15) is 14.4 Å². The number of amides is 2. The molecule has 0 spiro atoms. The maximum atomic E-state index is 11.6. The van der Waals surface area contributed by atoms with Crippen molar-refractivity contribution >= 4 is 17.8 Å². The third kappa shape index (κ3) is 4.30. The van der Waals surface area contributed by atoms with Crippen LogP contribution in [0, 0.1) is 0 Å². The molecule has 0 radical (unpaired) electrons. The average molecular weight is 266 g/mol. The van der Waals surface area contributed by atoms with Crippen molar-refractivity contribution in [3.8, 4) is 5.75 Å². The van der Waals surface area contributed by atoms with Crippen molar-refractivity contribution in [3.63, 3.8) is 0 Å². The van der Waals surface area contributed by atoms with Crippen LogP contribution < -0.4 is 15.6 Å². The third-order valence-electron chi connectivity index (χ3n) is 2.10. The summed E-state index contributed by atoms with van der Waals surface area (Å²) >= 11 is 0. The molecule has 19 heavy (non-hydrogen) atoms. The van der Waals surface area contributed by atoms with Gasteiger partial charge >= 0.3 is 11.9 Å². The van der Waals surface area contributed by atoms with Crippen LogP contribution in [0.2, 0.25) is 0 Å². The van der Waals surface area contributed by atoms with Crippen molar-refractivity contribution in [3.05, 3.63) is 29.8 Å². The summed E-state index contributed by atoms with van der Waals surface area (Å²) in [5.74, 6) is -2.05. The van der Waals surface area contributed by atoms with Crippen molar-refractivity contribution in [2.45, 2.75) is 6.92 Å². The van der Waals surface area contributed by atoms with E-state index >= 15 is 0 Å². The molecule has 0 atom stereocenters. The smallest absolute Gasteiger partial charge is 0.398 e. The first kappa shape index (κ1) is 14.5. The summed E-state index contributed by atoms with van der Waals surface area (Å²) in [7, 11) is 1.51. The van der Waals surface area contributed by atoms with Gasteiger partial charge in [0.25, 0.3) is 5.91 Å². The van der Waals surface area contributed by atoms with Gasteiger partial charge in [-0.05, 0) is 31.2 Å². The van der Waals surface area contributed by atoms with Crippen LogP contribution in [0.15, 0.2) is 24.3 Å². The van der Waals surface area contributed by atoms with Crippen LogP contribution in [0.1, 0.15) is 17.3 Å². The molecule has 0 bridgehead atoms. The van der Waals surface area contributed by atoms with Gasteiger partial charge in [0.1, 0.15) is 5.75 Å². The van der Waals surface area contributed by atoms with Crippen LogP contribution in [0.5, 0.6) is 5.75 Å². The van der Waals surface area contributed by atoms with Crippen LogP contribution in [0.4, 0.5) is 0 Å². The molecule has 0 saturated heterocycles. The highest BCUT2D eigenvalue weighted by Crippen LogP contribution is 2.10. The first-order valence-electron chi connectivity index (χ1n) is 5.50. The lowest BCUT2D eigenvalue weighted by Gasteiger charge is -2.07. The lowest BCUT2D eigenvalue weighted by atomic mass is 10.2. The topological polar surface area (TPSA) is 93.7 Å². The molecule has 7 heteroatoms. The summed E-state index contributed by atoms with van der Waals surface area (Å²) in [6.07, 6.45) is 0. The molecular weight excluding hydrogens is 252 g/mol. The van der Waals surface area contributed by atoms with Crippen molar-refractivity contribution in [1.82, 2.24) is 10.9 Å². The van der Waals surface area contributed by atoms with Gasteiger partial charge in [-0.25, -0.2) is 4.79 Å². The molecule has 0 heterocycles. The SMILES string of the molecule is CCOC(=O)C(=O)NNC(=O)c1ccc(OC)cc1. The summed E-state index contributed by atoms with van der Waals surface area (Å²) in [6, 6.07) is 6.24. The van der Waals surface area contributed by atoms with E-state index in [1.165, 1.54) is 19.2 Å². The van der Waals surface area contributed by atoms with Gasteiger partial charge in [-0.1, -0.05) is 0 Å². The first-order valence-corrected chi connectivity index (χ1v) is 5.50. The third-order valence-corrected chi connectivity index (χ3v) is 2.10. The molecule has 0 aliphatic rings. The molecule has 102 valence electrons. The van der Waals surface area contributed by atoms with Crippen LogP contribution in [0.3, 0.4) is 0 Å². The Morgan fingerprint density at radius 3 is 2.26 bits per heavy atom. The molecule has 0 aromatic heterocycles. The zero-order valence-electron chi connectivity index (χ0n) is 10.6. The Balaban J connectivity index is 2.50. The molecule has 0 aliphatic carbocycles. The number of nitrogens with one attached hydrogen (secondary N) is 2. The number of hydrogen-bond donors (Lipinski definition) is 2. The highest BCUT2D eigenvalue weighted by Gasteiger charge is 2.15. The number of hydrazine groups is 1. The van der Waals surface area contributed by atoms with Gasteiger partial charge in [0.2, 0.25) is 0 Å². The minimum absolute atomic E-state index is 0.0820. The Labute approximate surface area is 109 Å². The van der Waals surface area contributed by atoms with Crippen molar-refractivity contribution < 1.29 is 23.9 Å². The number of rotatable bonds is 3. The van der Waals surface area contributed by atoms with Crippen LogP contribution >= 0.6 is 0 Å². The molecule has 0 fully saturated rings. The number of benzene rings is 1. The van der Waals surface area contributed by atoms with Gasteiger partial charge < -0.3 is 9.47 Å². The van der Waals surface area contributed by atoms with E-state index in [-0.39, 0.29) is 6.61 Å². The van der Waals surface area contributed by atoms with E-state index in [1.54, 1.807) is 19.1 Å². The summed E-state index contributed by atoms with van der Waals surface area (Å²) in [6.45, 7) is 1.65. The van der Waals surface area contributed by atoms with Crippen LogP contribution in [-0.2, 0) is 14.3 Å². The molecular formula is C12H14N2O5. The van der Waals surface area contributed by atoms with E-state index in [1.807, 2.05) is 5.43 Å². The second-order valence-electron chi connectivity index (χ2n) is 3.36. The number of hydrogen-bond acceptors (Lipinski definition) is 5. The summed E-state index contributed by atoms with van der Waals surface area (Å²) in [4.78, 5) is 33.7. The molecule has 0 aliphatic heterocycles. The van der Waals surface area contributed by atoms with Gasteiger partial charge in [0, 0.05) is 5.56 Å². The fourth-order valence-corrected chi connectivity index (χ4v) is 1.18. The average Bonchev–Trinajstić information content (AvgIpc) is 2.44. The zero-order valence-corrected chi connectivity index (χ0v) is 10.6. The predicted octanol–water partition coefficient (Wildman–Crippen LogP) is 0.0193. The highest BCUT2D eigenvalue weighted by molar-refractivity contribution is 6.32. The highest BCUT2D eigenvalue weighted by atomic mass is 16.5. The maximum absolute atomic E-state index is 11.6.